The fourth-order valence-electron chi connectivity index (χ4n) is 3.52. The number of carbonyl (C=O) groups is 5. The molecule has 0 saturated carbocycles. The first-order chi connectivity index (χ1) is 17.7. The van der Waals surface area contributed by atoms with Crippen molar-refractivity contribution in [3.05, 3.63) is 35.4 Å². The Morgan fingerprint density at radius 2 is 1.18 bits per heavy atom. The number of hydrogen-bond acceptors (Lipinski definition) is 10. The van der Waals surface area contributed by atoms with Crippen LogP contribution >= 0.6 is 0 Å². The van der Waals surface area contributed by atoms with Crippen LogP contribution in [0.4, 0.5) is 0 Å². The molecule has 10 heteroatoms. The van der Waals surface area contributed by atoms with Gasteiger partial charge < -0.3 is 23.7 Å². The van der Waals surface area contributed by atoms with Gasteiger partial charge in [-0.15, -0.1) is 0 Å². The first-order valence-corrected chi connectivity index (χ1v) is 11.9. The van der Waals surface area contributed by atoms with Gasteiger partial charge in [-0.25, -0.2) is 0 Å². The van der Waals surface area contributed by atoms with E-state index in [1.54, 1.807) is 13.8 Å². The molecule has 2 aromatic rings. The molecule has 204 valence electrons. The van der Waals surface area contributed by atoms with E-state index in [-0.39, 0.29) is 45.8 Å². The average Bonchev–Trinajstić information content (AvgIpc) is 2.77. The van der Waals surface area contributed by atoms with Gasteiger partial charge in [-0.1, -0.05) is 25.5 Å². The van der Waals surface area contributed by atoms with Gasteiger partial charge in [0.15, 0.2) is 0 Å². The van der Waals surface area contributed by atoms with Gasteiger partial charge in [0.25, 0.3) is 0 Å². The molecule has 0 aromatic heterocycles. The highest BCUT2D eigenvalue weighted by atomic mass is 16.6. The minimum atomic E-state index is -0.990. The SMILES string of the molecule is CC(=O)Oc1ccc(OC(C)=O)c2c(OC(C)=O)c(C(CC=C(C)C)OC(=O)C(C)C)cc(OC(C)=O)c12. The van der Waals surface area contributed by atoms with Crippen LogP contribution in [0.2, 0.25) is 0 Å². The number of rotatable bonds is 9. The van der Waals surface area contributed by atoms with Crippen LogP contribution < -0.4 is 18.9 Å². The monoisotopic (exact) mass is 528 g/mol. The van der Waals surface area contributed by atoms with E-state index < -0.39 is 41.9 Å². The third-order valence-corrected chi connectivity index (χ3v) is 4.97. The molecule has 1 atom stereocenters. The van der Waals surface area contributed by atoms with Gasteiger partial charge in [-0.05, 0) is 32.0 Å². The Labute approximate surface area is 220 Å². The number of allylic oxidation sites excluding steroid dienone is 1. The highest BCUT2D eigenvalue weighted by Crippen LogP contribution is 2.49. The summed E-state index contributed by atoms with van der Waals surface area (Å²) in [7, 11) is 0. The maximum Gasteiger partial charge on any atom is 0.308 e. The lowest BCUT2D eigenvalue weighted by Crippen LogP contribution is -2.18. The minimum Gasteiger partial charge on any atom is -0.457 e. The highest BCUT2D eigenvalue weighted by Gasteiger charge is 2.30. The molecule has 0 saturated heterocycles. The standard InChI is InChI=1S/C28H32O10/c1-14(2)9-10-21(38-28(33)15(3)4)20-13-24(36-18(7)31)25-22(34-16(5)29)11-12-23(35-17(6)30)26(25)27(20)37-19(8)32/h9,11-13,15,21H,10H2,1-8H3. The molecule has 0 radical (unpaired) electrons. The summed E-state index contributed by atoms with van der Waals surface area (Å²) in [6.07, 6.45) is 1.02. The quantitative estimate of drug-likeness (QED) is 0.245. The molecule has 10 nitrogen and oxygen atoms in total. The molecular formula is C28H32O10. The predicted octanol–water partition coefficient (Wildman–Crippen LogP) is 5.14. The highest BCUT2D eigenvalue weighted by molar-refractivity contribution is 6.06. The molecule has 0 fully saturated rings. The van der Waals surface area contributed by atoms with Crippen LogP contribution in [0.5, 0.6) is 23.0 Å². The Morgan fingerprint density at radius 1 is 0.711 bits per heavy atom. The van der Waals surface area contributed by atoms with Crippen LogP contribution in [0.15, 0.2) is 29.8 Å². The van der Waals surface area contributed by atoms with E-state index >= 15 is 0 Å². The van der Waals surface area contributed by atoms with Crippen molar-refractivity contribution < 1.29 is 47.7 Å². The van der Waals surface area contributed by atoms with Crippen molar-refractivity contribution in [1.82, 2.24) is 0 Å². The summed E-state index contributed by atoms with van der Waals surface area (Å²) in [5.41, 5.74) is 1.10. The number of benzene rings is 2. The summed E-state index contributed by atoms with van der Waals surface area (Å²) in [6, 6.07) is 4.08. The van der Waals surface area contributed by atoms with Crippen molar-refractivity contribution in [3.63, 3.8) is 0 Å². The summed E-state index contributed by atoms with van der Waals surface area (Å²) in [4.78, 5) is 60.8. The Morgan fingerprint density at radius 3 is 1.63 bits per heavy atom. The first-order valence-electron chi connectivity index (χ1n) is 11.9. The Bertz CT molecular complexity index is 1300. The second-order valence-electron chi connectivity index (χ2n) is 9.08. The minimum absolute atomic E-state index is 0.00527. The lowest BCUT2D eigenvalue weighted by atomic mass is 9.96. The first kappa shape index (κ1) is 30.0. The largest absolute Gasteiger partial charge is 0.457 e. The van der Waals surface area contributed by atoms with Crippen LogP contribution in [0, 0.1) is 5.92 Å². The van der Waals surface area contributed by atoms with Crippen molar-refractivity contribution in [2.45, 2.75) is 67.9 Å². The van der Waals surface area contributed by atoms with Gasteiger partial charge >= 0.3 is 29.8 Å². The molecule has 0 spiro atoms. The van der Waals surface area contributed by atoms with E-state index in [2.05, 4.69) is 0 Å². The summed E-state index contributed by atoms with van der Waals surface area (Å²) in [6.45, 7) is 11.8. The Hall–Kier alpha value is -4.21. The summed E-state index contributed by atoms with van der Waals surface area (Å²) < 4.78 is 27.6. The maximum absolute atomic E-state index is 12.7. The van der Waals surface area contributed by atoms with Gasteiger partial charge in [0.2, 0.25) is 0 Å². The molecule has 0 aliphatic rings. The third kappa shape index (κ3) is 7.89. The lowest BCUT2D eigenvalue weighted by molar-refractivity contribution is -0.153. The fourth-order valence-corrected chi connectivity index (χ4v) is 3.52. The van der Waals surface area contributed by atoms with Gasteiger partial charge in [-0.2, -0.15) is 0 Å². The molecule has 0 aliphatic heterocycles. The van der Waals surface area contributed by atoms with Crippen molar-refractivity contribution in [2.75, 3.05) is 0 Å². The van der Waals surface area contributed by atoms with Gasteiger partial charge in [0, 0.05) is 39.7 Å². The number of esters is 5. The van der Waals surface area contributed by atoms with Gasteiger partial charge in [0.1, 0.15) is 29.1 Å². The second kappa shape index (κ2) is 12.8. The lowest BCUT2D eigenvalue weighted by Gasteiger charge is -2.24. The zero-order valence-electron chi connectivity index (χ0n) is 22.8. The molecule has 2 aromatic carbocycles. The normalized spacial score (nSPS) is 11.4. The Kier molecular flexibility index (Phi) is 10.1. The topological polar surface area (TPSA) is 132 Å². The van der Waals surface area contributed by atoms with Crippen LogP contribution in [0.25, 0.3) is 10.8 Å². The number of carbonyl (C=O) groups excluding carboxylic acids is 5. The van der Waals surface area contributed by atoms with Crippen molar-refractivity contribution >= 4 is 40.6 Å². The molecule has 38 heavy (non-hydrogen) atoms. The van der Waals surface area contributed by atoms with E-state index in [0.717, 1.165) is 5.57 Å². The summed E-state index contributed by atoms with van der Waals surface area (Å²) in [5.74, 6) is -4.09. The molecule has 2 rings (SSSR count). The van der Waals surface area contributed by atoms with E-state index in [1.165, 1.54) is 45.9 Å². The number of fused-ring (bicyclic) bond motifs is 1. The van der Waals surface area contributed by atoms with Crippen LogP contribution in [0.1, 0.15) is 73.5 Å². The molecule has 0 aliphatic carbocycles. The summed E-state index contributed by atoms with van der Waals surface area (Å²) >= 11 is 0. The fraction of sp³-hybridized carbons (Fsp3) is 0.393. The molecule has 0 bridgehead atoms. The van der Waals surface area contributed by atoms with Crippen molar-refractivity contribution in [2.24, 2.45) is 5.92 Å². The van der Waals surface area contributed by atoms with E-state index in [1.807, 2.05) is 19.9 Å². The zero-order valence-corrected chi connectivity index (χ0v) is 22.8. The van der Waals surface area contributed by atoms with Crippen LogP contribution in [-0.2, 0) is 28.7 Å². The molecular weight excluding hydrogens is 496 g/mol. The van der Waals surface area contributed by atoms with Gasteiger partial charge in [-0.3, -0.25) is 24.0 Å². The van der Waals surface area contributed by atoms with E-state index in [0.29, 0.717) is 0 Å². The maximum atomic E-state index is 12.7. The zero-order chi connectivity index (χ0) is 28.7. The summed E-state index contributed by atoms with van der Waals surface area (Å²) in [5, 5.41) is 0.0380. The second-order valence-corrected chi connectivity index (χ2v) is 9.08. The molecule has 1 unspecified atom stereocenters. The number of ether oxygens (including phenoxy) is 5. The Balaban J connectivity index is 3.12. The van der Waals surface area contributed by atoms with Crippen LogP contribution in [0.3, 0.4) is 0 Å². The molecule has 0 heterocycles. The smallest absolute Gasteiger partial charge is 0.308 e. The van der Waals surface area contributed by atoms with Gasteiger partial charge in [0.05, 0.1) is 16.7 Å². The average molecular weight is 529 g/mol. The van der Waals surface area contributed by atoms with Crippen molar-refractivity contribution in [1.29, 1.82) is 0 Å². The van der Waals surface area contributed by atoms with E-state index in [4.69, 9.17) is 23.7 Å². The van der Waals surface area contributed by atoms with Crippen LogP contribution in [-0.4, -0.2) is 29.8 Å². The number of hydrogen-bond donors (Lipinski definition) is 0. The predicted molar refractivity (Wildman–Crippen MR) is 137 cm³/mol. The molecule has 0 amide bonds. The van der Waals surface area contributed by atoms with Crippen molar-refractivity contribution in [3.8, 4) is 23.0 Å². The molecule has 0 N–H and O–H groups in total. The van der Waals surface area contributed by atoms with E-state index in [9.17, 15) is 24.0 Å². The third-order valence-electron chi connectivity index (χ3n) is 4.97.